The molecule has 2 aliphatic heterocycles. The molecule has 2 unspecified atom stereocenters. The van der Waals surface area contributed by atoms with Gasteiger partial charge in [-0.15, -0.1) is 11.8 Å². The molecule has 0 radical (unpaired) electrons. The number of sulfone groups is 1. The number of carbonyl (C=O) groups excluding carboxylic acids is 1. The number of nitrogens with one attached hydrogen (secondary N) is 1. The van der Waals surface area contributed by atoms with Crippen LogP contribution in [0.25, 0.3) is 0 Å². The Bertz CT molecular complexity index is 406. The van der Waals surface area contributed by atoms with Gasteiger partial charge in [-0.25, -0.2) is 8.42 Å². The number of hydrogen-bond donors (Lipinski definition) is 2. The highest BCUT2D eigenvalue weighted by Crippen LogP contribution is 2.20. The molecule has 2 fully saturated rings. The molecule has 6 nitrogen and oxygen atoms in total. The summed E-state index contributed by atoms with van der Waals surface area (Å²) in [5.74, 6) is 1.53. The van der Waals surface area contributed by atoms with Gasteiger partial charge >= 0.3 is 0 Å². The Balaban J connectivity index is 2.05. The summed E-state index contributed by atoms with van der Waals surface area (Å²) >= 11 is 1.65. The molecule has 18 heavy (non-hydrogen) atoms. The fraction of sp³-hybridized carbons (Fsp3) is 0.900. The monoisotopic (exact) mass is 294 g/mol. The average Bonchev–Trinajstić information content (AvgIpc) is 2.94. The molecule has 2 rings (SSSR count). The van der Waals surface area contributed by atoms with Crippen LogP contribution in [0.2, 0.25) is 0 Å². The third-order valence-electron chi connectivity index (χ3n) is 3.29. The predicted molar refractivity (Wildman–Crippen MR) is 70.1 cm³/mol. The third-order valence-corrected chi connectivity index (χ3v) is 5.98. The number of rotatable bonds is 4. The van der Waals surface area contributed by atoms with Crippen molar-refractivity contribution in [2.45, 2.75) is 18.5 Å². The van der Waals surface area contributed by atoms with E-state index in [0.29, 0.717) is 12.2 Å². The molecule has 0 aromatic heterocycles. The van der Waals surface area contributed by atoms with Crippen LogP contribution < -0.4 is 5.32 Å². The summed E-state index contributed by atoms with van der Waals surface area (Å²) in [4.78, 5) is 13.8. The van der Waals surface area contributed by atoms with E-state index in [9.17, 15) is 13.2 Å². The first-order valence-electron chi connectivity index (χ1n) is 5.96. The lowest BCUT2D eigenvalue weighted by Crippen LogP contribution is -2.50. The van der Waals surface area contributed by atoms with Crippen LogP contribution in [0, 0.1) is 0 Å². The summed E-state index contributed by atoms with van der Waals surface area (Å²) in [7, 11) is -3.02. The smallest absolute Gasteiger partial charge is 0.240 e. The molecule has 2 atom stereocenters. The first-order chi connectivity index (χ1) is 8.53. The van der Waals surface area contributed by atoms with Crippen molar-refractivity contribution in [1.29, 1.82) is 0 Å². The largest absolute Gasteiger partial charge is 0.395 e. The molecule has 104 valence electrons. The van der Waals surface area contributed by atoms with E-state index in [0.717, 1.165) is 5.88 Å². The normalized spacial score (nSPS) is 30.5. The molecular formula is C10H18N2O4S2. The van der Waals surface area contributed by atoms with Gasteiger partial charge in [0.05, 0.1) is 24.2 Å². The quantitative estimate of drug-likeness (QED) is 0.667. The van der Waals surface area contributed by atoms with Gasteiger partial charge in [0.1, 0.15) is 0 Å². The zero-order valence-electron chi connectivity index (χ0n) is 10.0. The Labute approximate surface area is 111 Å². The number of thioether (sulfide) groups is 1. The summed E-state index contributed by atoms with van der Waals surface area (Å²) in [5.41, 5.74) is 0. The van der Waals surface area contributed by atoms with E-state index in [2.05, 4.69) is 5.32 Å². The number of hydrogen-bond acceptors (Lipinski definition) is 6. The lowest BCUT2D eigenvalue weighted by Gasteiger charge is -2.29. The minimum Gasteiger partial charge on any atom is -0.395 e. The summed E-state index contributed by atoms with van der Waals surface area (Å²) < 4.78 is 22.9. The van der Waals surface area contributed by atoms with Crippen LogP contribution >= 0.6 is 11.8 Å². The Morgan fingerprint density at radius 3 is 2.78 bits per heavy atom. The fourth-order valence-corrected chi connectivity index (χ4v) is 5.02. The van der Waals surface area contributed by atoms with Crippen molar-refractivity contribution in [3.63, 3.8) is 0 Å². The van der Waals surface area contributed by atoms with Crippen LogP contribution in [0.4, 0.5) is 0 Å². The van der Waals surface area contributed by atoms with Gasteiger partial charge in [-0.05, 0) is 6.42 Å². The lowest BCUT2D eigenvalue weighted by atomic mass is 10.2. The van der Waals surface area contributed by atoms with Crippen LogP contribution in [0.1, 0.15) is 6.42 Å². The summed E-state index contributed by atoms with van der Waals surface area (Å²) in [6, 6.07) is -0.521. The zero-order chi connectivity index (χ0) is 13.2. The third kappa shape index (κ3) is 3.17. The second-order valence-corrected chi connectivity index (χ2v) is 7.84. The second kappa shape index (κ2) is 5.77. The first-order valence-corrected chi connectivity index (χ1v) is 8.94. The van der Waals surface area contributed by atoms with Gasteiger partial charge in [0.2, 0.25) is 5.91 Å². The second-order valence-electron chi connectivity index (χ2n) is 4.58. The number of aliphatic hydroxyl groups is 1. The Morgan fingerprint density at radius 2 is 2.28 bits per heavy atom. The van der Waals surface area contributed by atoms with Crippen LogP contribution in [0.3, 0.4) is 0 Å². The molecule has 1 amide bonds. The van der Waals surface area contributed by atoms with E-state index in [1.165, 1.54) is 4.90 Å². The molecular weight excluding hydrogens is 276 g/mol. The molecule has 0 bridgehead atoms. The number of carbonyl (C=O) groups is 1. The number of aliphatic hydroxyl groups excluding tert-OH is 1. The Morgan fingerprint density at radius 1 is 1.50 bits per heavy atom. The molecule has 0 aromatic rings. The van der Waals surface area contributed by atoms with E-state index < -0.39 is 9.84 Å². The van der Waals surface area contributed by atoms with Crippen molar-refractivity contribution in [3.8, 4) is 0 Å². The molecule has 0 aromatic carbocycles. The summed E-state index contributed by atoms with van der Waals surface area (Å²) in [6.07, 6.45) is 0.480. The van der Waals surface area contributed by atoms with E-state index in [4.69, 9.17) is 5.11 Å². The Hall–Kier alpha value is -0.310. The summed E-state index contributed by atoms with van der Waals surface area (Å²) in [6.45, 7) is 0.0734. The minimum absolute atomic E-state index is 0.0264. The molecule has 2 aliphatic rings. The van der Waals surface area contributed by atoms with Gasteiger partial charge in [0, 0.05) is 24.2 Å². The zero-order valence-corrected chi connectivity index (χ0v) is 11.7. The SMILES string of the molecule is O=C(C1CSCN1)N(CCO)C1CCS(=O)(=O)C1. The highest BCUT2D eigenvalue weighted by Gasteiger charge is 2.37. The van der Waals surface area contributed by atoms with Gasteiger partial charge in [0.25, 0.3) is 0 Å². The van der Waals surface area contributed by atoms with Gasteiger partial charge in [-0.2, -0.15) is 0 Å². The molecule has 2 saturated heterocycles. The maximum absolute atomic E-state index is 12.3. The summed E-state index contributed by atoms with van der Waals surface area (Å²) in [5, 5.41) is 12.1. The van der Waals surface area contributed by atoms with E-state index in [1.54, 1.807) is 11.8 Å². The fourth-order valence-electron chi connectivity index (χ4n) is 2.36. The van der Waals surface area contributed by atoms with Gasteiger partial charge in [-0.1, -0.05) is 0 Å². The van der Waals surface area contributed by atoms with E-state index in [1.807, 2.05) is 0 Å². The molecule has 0 saturated carbocycles. The van der Waals surface area contributed by atoms with Crippen molar-refractivity contribution in [3.05, 3.63) is 0 Å². The lowest BCUT2D eigenvalue weighted by molar-refractivity contribution is -0.135. The van der Waals surface area contributed by atoms with Crippen molar-refractivity contribution in [2.24, 2.45) is 0 Å². The Kier molecular flexibility index (Phi) is 4.52. The standard InChI is InChI=1S/C10H18N2O4S2/c13-3-2-12(8-1-4-18(15,16)6-8)10(14)9-5-17-7-11-9/h8-9,11,13H,1-7H2. The van der Waals surface area contributed by atoms with Crippen molar-refractivity contribution in [1.82, 2.24) is 10.2 Å². The predicted octanol–water partition coefficient (Wildman–Crippen LogP) is -1.34. The highest BCUT2D eigenvalue weighted by molar-refractivity contribution is 7.99. The molecule has 2 N–H and O–H groups in total. The molecule has 2 heterocycles. The van der Waals surface area contributed by atoms with Crippen LogP contribution in [0.5, 0.6) is 0 Å². The highest BCUT2D eigenvalue weighted by atomic mass is 32.2. The van der Waals surface area contributed by atoms with Crippen molar-refractivity contribution in [2.75, 3.05) is 36.3 Å². The average molecular weight is 294 g/mol. The van der Waals surface area contributed by atoms with Crippen molar-refractivity contribution >= 4 is 27.5 Å². The van der Waals surface area contributed by atoms with Crippen LogP contribution in [-0.4, -0.2) is 72.7 Å². The topological polar surface area (TPSA) is 86.7 Å². The van der Waals surface area contributed by atoms with Crippen LogP contribution in [0.15, 0.2) is 0 Å². The van der Waals surface area contributed by atoms with Crippen LogP contribution in [-0.2, 0) is 14.6 Å². The van der Waals surface area contributed by atoms with Crippen molar-refractivity contribution < 1.29 is 18.3 Å². The maximum Gasteiger partial charge on any atom is 0.240 e. The molecule has 0 aliphatic carbocycles. The minimum atomic E-state index is -3.02. The van der Waals surface area contributed by atoms with Gasteiger partial charge in [-0.3, -0.25) is 10.1 Å². The number of nitrogens with zero attached hydrogens (tertiary/aromatic N) is 1. The van der Waals surface area contributed by atoms with Gasteiger partial charge in [0.15, 0.2) is 9.84 Å². The molecule has 8 heteroatoms. The van der Waals surface area contributed by atoms with E-state index >= 15 is 0 Å². The van der Waals surface area contributed by atoms with Gasteiger partial charge < -0.3 is 10.0 Å². The van der Waals surface area contributed by atoms with E-state index in [-0.39, 0.29) is 42.6 Å². The molecule has 0 spiro atoms. The first kappa shape index (κ1) is 14.1. The maximum atomic E-state index is 12.3. The number of amides is 1.